The first-order valence-corrected chi connectivity index (χ1v) is 6.25. The largest absolute Gasteiger partial charge is 0.468 e. The molecular weight excluding hydrogens is 256 g/mol. The Morgan fingerprint density at radius 2 is 1.75 bits per heavy atom. The van der Waals surface area contributed by atoms with Crippen molar-refractivity contribution in [1.29, 1.82) is 0 Å². The predicted octanol–water partition coefficient (Wildman–Crippen LogP) is 2.40. The minimum Gasteiger partial charge on any atom is -0.468 e. The Morgan fingerprint density at radius 1 is 1.05 bits per heavy atom. The minimum absolute atomic E-state index is 0.316. The summed E-state index contributed by atoms with van der Waals surface area (Å²) in [4.78, 5) is 23.6. The molecule has 0 N–H and O–H groups in total. The molecule has 0 aromatic heterocycles. The molecule has 2 rings (SSSR count). The van der Waals surface area contributed by atoms with Gasteiger partial charge in [0, 0.05) is 0 Å². The van der Waals surface area contributed by atoms with E-state index in [-0.39, 0.29) is 5.97 Å². The van der Waals surface area contributed by atoms with Crippen molar-refractivity contribution in [3.05, 3.63) is 59.7 Å². The molecule has 0 radical (unpaired) electrons. The van der Waals surface area contributed by atoms with Crippen LogP contribution in [0.1, 0.15) is 22.3 Å². The lowest BCUT2D eigenvalue weighted by Gasteiger charge is -2.28. The van der Waals surface area contributed by atoms with Crippen molar-refractivity contribution >= 4 is 11.9 Å². The van der Waals surface area contributed by atoms with Crippen LogP contribution in [0.4, 0.5) is 0 Å². The normalized spacial score (nSPS) is 20.5. The van der Waals surface area contributed by atoms with Crippen LogP contribution < -0.4 is 0 Å². The van der Waals surface area contributed by atoms with Crippen molar-refractivity contribution in [2.24, 2.45) is 0 Å². The molecule has 4 heteroatoms. The van der Waals surface area contributed by atoms with Crippen LogP contribution in [-0.2, 0) is 19.7 Å². The van der Waals surface area contributed by atoms with Crippen molar-refractivity contribution in [2.45, 2.75) is 11.8 Å². The van der Waals surface area contributed by atoms with Crippen LogP contribution in [0.2, 0.25) is 0 Å². The average molecular weight is 272 g/mol. The highest BCUT2D eigenvalue weighted by Crippen LogP contribution is 2.34. The van der Waals surface area contributed by atoms with E-state index in [2.05, 4.69) is 4.74 Å². The van der Waals surface area contributed by atoms with Gasteiger partial charge in [0.05, 0.1) is 19.8 Å². The highest BCUT2D eigenvalue weighted by molar-refractivity contribution is 5.90. The molecule has 1 aromatic rings. The second-order valence-corrected chi connectivity index (χ2v) is 4.52. The highest BCUT2D eigenvalue weighted by atomic mass is 16.5. The third-order valence-electron chi connectivity index (χ3n) is 3.44. The first-order chi connectivity index (χ1) is 9.64. The van der Waals surface area contributed by atoms with Crippen LogP contribution in [0.3, 0.4) is 0 Å². The third kappa shape index (κ3) is 2.37. The summed E-state index contributed by atoms with van der Waals surface area (Å²) in [6, 6.07) is 6.81. The molecule has 0 saturated heterocycles. The van der Waals surface area contributed by atoms with Gasteiger partial charge in [-0.3, -0.25) is 4.79 Å². The summed E-state index contributed by atoms with van der Waals surface area (Å²) in [5.74, 6) is -0.716. The van der Waals surface area contributed by atoms with E-state index in [9.17, 15) is 9.59 Å². The fourth-order valence-electron chi connectivity index (χ4n) is 2.31. The van der Waals surface area contributed by atoms with Crippen LogP contribution in [-0.4, -0.2) is 26.2 Å². The Morgan fingerprint density at radius 3 is 2.25 bits per heavy atom. The van der Waals surface area contributed by atoms with E-state index in [1.165, 1.54) is 14.2 Å². The van der Waals surface area contributed by atoms with Crippen molar-refractivity contribution < 1.29 is 19.1 Å². The van der Waals surface area contributed by atoms with Gasteiger partial charge in [0.25, 0.3) is 0 Å². The van der Waals surface area contributed by atoms with E-state index in [0.717, 1.165) is 5.56 Å². The predicted molar refractivity (Wildman–Crippen MR) is 74.4 cm³/mol. The lowest BCUT2D eigenvalue weighted by atomic mass is 9.75. The molecule has 0 heterocycles. The lowest BCUT2D eigenvalue weighted by molar-refractivity contribution is -0.145. The molecule has 1 aliphatic carbocycles. The molecule has 1 aliphatic rings. The fourth-order valence-corrected chi connectivity index (χ4v) is 2.31. The van der Waals surface area contributed by atoms with Crippen LogP contribution >= 0.6 is 0 Å². The molecule has 1 unspecified atom stereocenters. The number of carbonyl (C=O) groups excluding carboxylic acids is 2. The SMILES string of the molecule is COC(=O)c1ccc(C2(C(=O)OC)C=CC=CC2)cc1. The number of methoxy groups -OCH3 is 2. The van der Waals surface area contributed by atoms with Crippen LogP contribution in [0.5, 0.6) is 0 Å². The van der Waals surface area contributed by atoms with Gasteiger partial charge < -0.3 is 9.47 Å². The maximum absolute atomic E-state index is 12.2. The first-order valence-electron chi connectivity index (χ1n) is 6.25. The van der Waals surface area contributed by atoms with Gasteiger partial charge in [0.2, 0.25) is 0 Å². The van der Waals surface area contributed by atoms with Crippen LogP contribution in [0.15, 0.2) is 48.6 Å². The van der Waals surface area contributed by atoms with Crippen LogP contribution in [0.25, 0.3) is 0 Å². The molecule has 20 heavy (non-hydrogen) atoms. The van der Waals surface area contributed by atoms with E-state index in [0.29, 0.717) is 12.0 Å². The summed E-state index contributed by atoms with van der Waals surface area (Å²) < 4.78 is 9.59. The maximum Gasteiger partial charge on any atom is 0.337 e. The van der Waals surface area contributed by atoms with Gasteiger partial charge in [0.15, 0.2) is 0 Å². The van der Waals surface area contributed by atoms with Gasteiger partial charge >= 0.3 is 11.9 Å². The zero-order valence-corrected chi connectivity index (χ0v) is 11.5. The summed E-state index contributed by atoms with van der Waals surface area (Å²) in [5, 5.41) is 0. The molecule has 0 amide bonds. The summed E-state index contributed by atoms with van der Waals surface area (Å²) in [7, 11) is 2.71. The Bertz CT molecular complexity index is 569. The van der Waals surface area contributed by atoms with E-state index in [1.807, 2.05) is 24.3 Å². The number of rotatable bonds is 3. The molecule has 1 aromatic carbocycles. The van der Waals surface area contributed by atoms with Crippen molar-refractivity contribution in [1.82, 2.24) is 0 Å². The average Bonchev–Trinajstić information content (AvgIpc) is 2.54. The zero-order valence-electron chi connectivity index (χ0n) is 11.5. The molecule has 0 aliphatic heterocycles. The molecule has 104 valence electrons. The number of esters is 2. The molecule has 1 atom stereocenters. The first kappa shape index (κ1) is 14.1. The molecule has 0 bridgehead atoms. The monoisotopic (exact) mass is 272 g/mol. The van der Waals surface area contributed by atoms with E-state index in [4.69, 9.17) is 4.74 Å². The van der Waals surface area contributed by atoms with E-state index >= 15 is 0 Å². The van der Waals surface area contributed by atoms with Crippen molar-refractivity contribution in [2.75, 3.05) is 14.2 Å². The highest BCUT2D eigenvalue weighted by Gasteiger charge is 2.38. The second-order valence-electron chi connectivity index (χ2n) is 4.52. The Balaban J connectivity index is 2.40. The quantitative estimate of drug-likeness (QED) is 0.793. The molecular formula is C16H16O4. The summed E-state index contributed by atoms with van der Waals surface area (Å²) in [6.45, 7) is 0. The van der Waals surface area contributed by atoms with Gasteiger partial charge in [-0.1, -0.05) is 36.4 Å². The van der Waals surface area contributed by atoms with Gasteiger partial charge in [-0.05, 0) is 24.1 Å². The maximum atomic E-state index is 12.2. The van der Waals surface area contributed by atoms with Gasteiger partial charge in [-0.15, -0.1) is 0 Å². The smallest absolute Gasteiger partial charge is 0.337 e. The third-order valence-corrected chi connectivity index (χ3v) is 3.44. The second kappa shape index (κ2) is 5.74. The minimum atomic E-state index is -0.821. The van der Waals surface area contributed by atoms with Crippen molar-refractivity contribution in [3.63, 3.8) is 0 Å². The molecule has 4 nitrogen and oxygen atoms in total. The standard InChI is InChI=1S/C16H16O4/c1-19-14(17)12-6-8-13(9-7-12)16(15(18)20-2)10-4-3-5-11-16/h3-10H,11H2,1-2H3. The van der Waals surface area contributed by atoms with Gasteiger partial charge in [-0.25, -0.2) is 4.79 Å². The van der Waals surface area contributed by atoms with E-state index < -0.39 is 11.4 Å². The number of ether oxygens (including phenoxy) is 2. The Hall–Kier alpha value is -2.36. The topological polar surface area (TPSA) is 52.6 Å². The van der Waals surface area contributed by atoms with E-state index in [1.54, 1.807) is 24.3 Å². The summed E-state index contributed by atoms with van der Waals surface area (Å²) in [5.41, 5.74) is 0.419. The number of hydrogen-bond donors (Lipinski definition) is 0. The lowest BCUT2D eigenvalue weighted by Crippen LogP contribution is -2.35. The number of allylic oxidation sites excluding steroid dienone is 3. The molecule has 0 saturated carbocycles. The van der Waals surface area contributed by atoms with Crippen molar-refractivity contribution in [3.8, 4) is 0 Å². The van der Waals surface area contributed by atoms with Gasteiger partial charge in [-0.2, -0.15) is 0 Å². The number of benzene rings is 1. The number of carbonyl (C=O) groups is 2. The molecule has 0 spiro atoms. The Labute approximate surface area is 117 Å². The summed E-state index contributed by atoms with van der Waals surface area (Å²) >= 11 is 0. The fraction of sp³-hybridized carbons (Fsp3) is 0.250. The van der Waals surface area contributed by atoms with Gasteiger partial charge in [0.1, 0.15) is 5.41 Å². The number of hydrogen-bond acceptors (Lipinski definition) is 4. The van der Waals surface area contributed by atoms with Crippen LogP contribution in [0, 0.1) is 0 Å². The zero-order chi connectivity index (χ0) is 14.6. The Kier molecular flexibility index (Phi) is 4.03. The molecule has 0 fully saturated rings. The summed E-state index contributed by atoms with van der Waals surface area (Å²) in [6.07, 6.45) is 8.00.